The van der Waals surface area contributed by atoms with Crippen molar-refractivity contribution >= 4 is 17.9 Å². The van der Waals surface area contributed by atoms with Gasteiger partial charge in [-0.1, -0.05) is 19.3 Å². The molecule has 0 spiro atoms. The molecule has 1 aliphatic heterocycles. The predicted molar refractivity (Wildman–Crippen MR) is 98.4 cm³/mol. The van der Waals surface area contributed by atoms with Crippen LogP contribution < -0.4 is 5.32 Å². The quantitative estimate of drug-likeness (QED) is 0.772. The van der Waals surface area contributed by atoms with E-state index in [1.807, 2.05) is 0 Å². The predicted octanol–water partition coefficient (Wildman–Crippen LogP) is 3.03. The van der Waals surface area contributed by atoms with Crippen molar-refractivity contribution in [3.63, 3.8) is 0 Å². The summed E-state index contributed by atoms with van der Waals surface area (Å²) in [6.45, 7) is 3.51. The average Bonchev–Trinajstić information content (AvgIpc) is 2.62. The Morgan fingerprint density at radius 1 is 1.20 bits per heavy atom. The summed E-state index contributed by atoms with van der Waals surface area (Å²) in [7, 11) is 0. The number of hydrogen-bond donors (Lipinski definition) is 2. The van der Waals surface area contributed by atoms with Gasteiger partial charge in [0.15, 0.2) is 0 Å². The second kappa shape index (κ2) is 8.94. The molecule has 3 rings (SSSR count). The van der Waals surface area contributed by atoms with Crippen LogP contribution in [-0.2, 0) is 4.79 Å². The Morgan fingerprint density at radius 3 is 2.76 bits per heavy atom. The molecule has 2 fully saturated rings. The molecule has 0 amide bonds. The van der Waals surface area contributed by atoms with Crippen LogP contribution in [0.5, 0.6) is 0 Å². The average molecular weight is 344 g/mol. The number of aliphatic carboxylic acids is 1. The summed E-state index contributed by atoms with van der Waals surface area (Å²) in [6.07, 6.45) is 15.2. The van der Waals surface area contributed by atoms with Crippen molar-refractivity contribution in [2.75, 3.05) is 25.0 Å². The smallest absolute Gasteiger partial charge is 0.328 e. The van der Waals surface area contributed by atoms with Crippen molar-refractivity contribution in [3.05, 3.63) is 24.2 Å². The van der Waals surface area contributed by atoms with Gasteiger partial charge in [-0.25, -0.2) is 9.78 Å². The fraction of sp³-hybridized carbons (Fsp3) is 0.632. The first-order valence-corrected chi connectivity index (χ1v) is 9.41. The Hall–Kier alpha value is -1.95. The zero-order valence-electron chi connectivity index (χ0n) is 14.7. The number of rotatable bonds is 6. The maximum atomic E-state index is 10.5. The largest absolute Gasteiger partial charge is 0.478 e. The van der Waals surface area contributed by atoms with E-state index in [2.05, 4.69) is 20.2 Å². The fourth-order valence-corrected chi connectivity index (χ4v) is 3.94. The SMILES string of the molecule is O=C(O)/C=C/c1cnc(N[C@@H]2CCCN(CC3CCCCC3)C2)cn1. The summed E-state index contributed by atoms with van der Waals surface area (Å²) < 4.78 is 0. The number of nitrogens with zero attached hydrogens (tertiary/aromatic N) is 3. The number of carboxylic acids is 1. The van der Waals surface area contributed by atoms with Crippen molar-refractivity contribution in [2.45, 2.75) is 51.0 Å². The molecule has 6 heteroatoms. The molecular weight excluding hydrogens is 316 g/mol. The first-order valence-electron chi connectivity index (χ1n) is 9.41. The molecule has 2 aliphatic rings. The Labute approximate surface area is 149 Å². The van der Waals surface area contributed by atoms with Crippen LogP contribution in [0.25, 0.3) is 6.08 Å². The number of piperidine rings is 1. The molecule has 2 heterocycles. The van der Waals surface area contributed by atoms with Crippen LogP contribution in [0, 0.1) is 5.92 Å². The number of carboxylic acid groups (broad SMARTS) is 1. The van der Waals surface area contributed by atoms with E-state index in [0.29, 0.717) is 11.7 Å². The van der Waals surface area contributed by atoms with Gasteiger partial charge < -0.3 is 15.3 Å². The summed E-state index contributed by atoms with van der Waals surface area (Å²) in [4.78, 5) is 21.7. The van der Waals surface area contributed by atoms with Gasteiger partial charge >= 0.3 is 5.97 Å². The van der Waals surface area contributed by atoms with E-state index in [1.54, 1.807) is 12.4 Å². The number of nitrogens with one attached hydrogen (secondary N) is 1. The van der Waals surface area contributed by atoms with E-state index in [1.165, 1.54) is 57.7 Å². The molecule has 0 bridgehead atoms. The van der Waals surface area contributed by atoms with Crippen LogP contribution >= 0.6 is 0 Å². The van der Waals surface area contributed by atoms with Gasteiger partial charge in [0.1, 0.15) is 5.82 Å². The highest BCUT2D eigenvalue weighted by Crippen LogP contribution is 2.25. The molecule has 0 unspecified atom stereocenters. The molecule has 0 radical (unpaired) electrons. The summed E-state index contributed by atoms with van der Waals surface area (Å²) in [5, 5.41) is 12.1. The summed E-state index contributed by atoms with van der Waals surface area (Å²) in [5.74, 6) is 0.661. The lowest BCUT2D eigenvalue weighted by atomic mass is 9.88. The van der Waals surface area contributed by atoms with E-state index >= 15 is 0 Å². The minimum atomic E-state index is -0.982. The van der Waals surface area contributed by atoms with Crippen molar-refractivity contribution in [2.24, 2.45) is 5.92 Å². The van der Waals surface area contributed by atoms with Gasteiger partial charge in [0.05, 0.1) is 18.1 Å². The van der Waals surface area contributed by atoms with Crippen LogP contribution in [0.1, 0.15) is 50.6 Å². The van der Waals surface area contributed by atoms with E-state index in [0.717, 1.165) is 30.8 Å². The van der Waals surface area contributed by atoms with Crippen molar-refractivity contribution < 1.29 is 9.90 Å². The monoisotopic (exact) mass is 344 g/mol. The maximum Gasteiger partial charge on any atom is 0.328 e. The molecule has 0 aromatic carbocycles. The lowest BCUT2D eigenvalue weighted by molar-refractivity contribution is -0.131. The Balaban J connectivity index is 1.49. The normalized spacial score (nSPS) is 23.0. The highest BCUT2D eigenvalue weighted by molar-refractivity contribution is 5.84. The third kappa shape index (κ3) is 5.81. The van der Waals surface area contributed by atoms with Crippen LogP contribution in [-0.4, -0.2) is 51.6 Å². The van der Waals surface area contributed by atoms with Crippen LogP contribution in [0.4, 0.5) is 5.82 Å². The molecule has 1 aromatic rings. The van der Waals surface area contributed by atoms with E-state index in [-0.39, 0.29) is 0 Å². The number of hydrogen-bond acceptors (Lipinski definition) is 5. The van der Waals surface area contributed by atoms with Gasteiger partial charge in [-0.2, -0.15) is 0 Å². The van der Waals surface area contributed by atoms with Gasteiger partial charge in [0, 0.05) is 25.2 Å². The van der Waals surface area contributed by atoms with Gasteiger partial charge in [-0.05, 0) is 44.2 Å². The third-order valence-electron chi connectivity index (χ3n) is 5.17. The minimum absolute atomic E-state index is 0.409. The molecule has 1 aromatic heterocycles. The lowest BCUT2D eigenvalue weighted by Gasteiger charge is -2.36. The molecule has 2 N–H and O–H groups in total. The highest BCUT2D eigenvalue weighted by Gasteiger charge is 2.23. The topological polar surface area (TPSA) is 78.3 Å². The lowest BCUT2D eigenvalue weighted by Crippen LogP contribution is -2.44. The number of aromatic nitrogens is 2. The summed E-state index contributed by atoms with van der Waals surface area (Å²) >= 11 is 0. The van der Waals surface area contributed by atoms with E-state index in [9.17, 15) is 4.79 Å². The molecule has 25 heavy (non-hydrogen) atoms. The maximum absolute atomic E-state index is 10.5. The zero-order chi connectivity index (χ0) is 17.5. The molecule has 6 nitrogen and oxygen atoms in total. The number of carbonyl (C=O) groups is 1. The molecule has 1 atom stereocenters. The van der Waals surface area contributed by atoms with Crippen molar-refractivity contribution in [1.82, 2.24) is 14.9 Å². The van der Waals surface area contributed by atoms with Crippen LogP contribution in [0.15, 0.2) is 18.5 Å². The van der Waals surface area contributed by atoms with E-state index in [4.69, 9.17) is 5.11 Å². The molecule has 1 saturated heterocycles. The minimum Gasteiger partial charge on any atom is -0.478 e. The number of anilines is 1. The molecule has 1 saturated carbocycles. The van der Waals surface area contributed by atoms with Crippen LogP contribution in [0.2, 0.25) is 0 Å². The third-order valence-corrected chi connectivity index (χ3v) is 5.17. The van der Waals surface area contributed by atoms with Crippen molar-refractivity contribution in [3.8, 4) is 0 Å². The van der Waals surface area contributed by atoms with E-state index < -0.39 is 5.97 Å². The Morgan fingerprint density at radius 2 is 2.04 bits per heavy atom. The molecule has 1 aliphatic carbocycles. The fourth-order valence-electron chi connectivity index (χ4n) is 3.94. The second-order valence-electron chi connectivity index (χ2n) is 7.25. The summed E-state index contributed by atoms with van der Waals surface area (Å²) in [5.41, 5.74) is 0.551. The first kappa shape index (κ1) is 17.9. The highest BCUT2D eigenvalue weighted by atomic mass is 16.4. The van der Waals surface area contributed by atoms with Crippen molar-refractivity contribution in [1.29, 1.82) is 0 Å². The van der Waals surface area contributed by atoms with Gasteiger partial charge in [-0.3, -0.25) is 4.98 Å². The molecular formula is C19H28N4O2. The van der Waals surface area contributed by atoms with Crippen LogP contribution in [0.3, 0.4) is 0 Å². The second-order valence-corrected chi connectivity index (χ2v) is 7.25. The zero-order valence-corrected chi connectivity index (χ0v) is 14.7. The first-order chi connectivity index (χ1) is 12.2. The van der Waals surface area contributed by atoms with Gasteiger partial charge in [0.2, 0.25) is 0 Å². The number of likely N-dealkylation sites (tertiary alicyclic amines) is 1. The standard InChI is InChI=1S/C19H28N4O2/c24-19(25)9-8-16-11-21-18(12-20-16)22-17-7-4-10-23(14-17)13-15-5-2-1-3-6-15/h8-9,11-12,15,17H,1-7,10,13-14H2,(H,21,22)(H,24,25)/b9-8+/t17-/m1/s1. The Bertz CT molecular complexity index is 582. The van der Waals surface area contributed by atoms with Gasteiger partial charge in [0.25, 0.3) is 0 Å². The van der Waals surface area contributed by atoms with Gasteiger partial charge in [-0.15, -0.1) is 0 Å². The summed E-state index contributed by atoms with van der Waals surface area (Å²) in [6, 6.07) is 0.409. The Kier molecular flexibility index (Phi) is 6.39. The molecule has 136 valence electrons.